The molecule has 1 aromatic heterocycles. The van der Waals surface area contributed by atoms with Crippen LogP contribution in [0.15, 0.2) is 78.0 Å². The van der Waals surface area contributed by atoms with Gasteiger partial charge in [0.25, 0.3) is 0 Å². The molecule has 33 heavy (non-hydrogen) atoms. The fraction of sp³-hybridized carbons (Fsp3) is 0.160. The monoisotopic (exact) mass is 496 g/mol. The first-order valence-electron chi connectivity index (χ1n) is 10.4. The molecule has 4 aromatic rings. The Morgan fingerprint density at radius 3 is 2.45 bits per heavy atom. The van der Waals surface area contributed by atoms with Gasteiger partial charge >= 0.3 is 0 Å². The second-order valence-corrected chi connectivity index (χ2v) is 9.31. The van der Waals surface area contributed by atoms with E-state index in [1.54, 1.807) is 6.07 Å². The average Bonchev–Trinajstić information content (AvgIpc) is 3.18. The number of hydrogen-bond acceptors (Lipinski definition) is 4. The molecule has 0 spiro atoms. The van der Waals surface area contributed by atoms with Crippen molar-refractivity contribution in [3.63, 3.8) is 0 Å². The number of thioether (sulfide) groups is 1. The molecule has 1 amide bonds. The zero-order valence-electron chi connectivity index (χ0n) is 18.0. The van der Waals surface area contributed by atoms with Crippen molar-refractivity contribution in [3.8, 4) is 0 Å². The first-order chi connectivity index (χ1) is 16.0. The molecule has 0 aliphatic carbocycles. The molecule has 0 fully saturated rings. The third-order valence-electron chi connectivity index (χ3n) is 5.13. The average molecular weight is 497 g/mol. The van der Waals surface area contributed by atoms with Crippen LogP contribution in [0.5, 0.6) is 0 Å². The molecule has 0 aliphatic rings. The first-order valence-corrected chi connectivity index (χ1v) is 12.1. The third kappa shape index (κ3) is 6.16. The number of nitrogens with zero attached hydrogens (tertiary/aromatic N) is 3. The van der Waals surface area contributed by atoms with Crippen LogP contribution in [0, 0.1) is 6.92 Å². The SMILES string of the molecule is Cc1c(Cl)cccc1NC(=O)CSc1nnc(Cc2ccccc2)n1Cc1ccc(Cl)cc1. The summed E-state index contributed by atoms with van der Waals surface area (Å²) >= 11 is 13.6. The number of aromatic nitrogens is 3. The van der Waals surface area contributed by atoms with Gasteiger partial charge in [0.05, 0.1) is 12.3 Å². The molecule has 4 rings (SSSR count). The topological polar surface area (TPSA) is 59.8 Å². The minimum atomic E-state index is -0.129. The smallest absolute Gasteiger partial charge is 0.234 e. The van der Waals surface area contributed by atoms with Gasteiger partial charge in [-0.25, -0.2) is 0 Å². The number of halogens is 2. The van der Waals surface area contributed by atoms with E-state index in [4.69, 9.17) is 23.2 Å². The van der Waals surface area contributed by atoms with E-state index < -0.39 is 0 Å². The van der Waals surface area contributed by atoms with E-state index in [2.05, 4.69) is 32.2 Å². The molecule has 0 saturated heterocycles. The lowest BCUT2D eigenvalue weighted by Crippen LogP contribution is -2.16. The molecule has 168 valence electrons. The standard InChI is InChI=1S/C25H22Cl2N4OS/c1-17-21(27)8-5-9-22(17)28-24(32)16-33-25-30-29-23(14-18-6-3-2-4-7-18)31(25)15-19-10-12-20(26)13-11-19/h2-13H,14-16H2,1H3,(H,28,32). The lowest BCUT2D eigenvalue weighted by molar-refractivity contribution is -0.113. The van der Waals surface area contributed by atoms with Gasteiger partial charge in [-0.1, -0.05) is 83.5 Å². The second kappa shape index (κ2) is 10.9. The van der Waals surface area contributed by atoms with Crippen LogP contribution in [-0.4, -0.2) is 26.4 Å². The zero-order chi connectivity index (χ0) is 23.2. The van der Waals surface area contributed by atoms with Crippen molar-refractivity contribution in [2.75, 3.05) is 11.1 Å². The minimum Gasteiger partial charge on any atom is -0.325 e. The highest BCUT2D eigenvalue weighted by molar-refractivity contribution is 7.99. The summed E-state index contributed by atoms with van der Waals surface area (Å²) in [5, 5.41) is 13.7. The Morgan fingerprint density at radius 2 is 1.70 bits per heavy atom. The van der Waals surface area contributed by atoms with Gasteiger partial charge in [-0.05, 0) is 47.9 Å². The maximum absolute atomic E-state index is 12.6. The van der Waals surface area contributed by atoms with Crippen LogP contribution in [-0.2, 0) is 17.8 Å². The van der Waals surface area contributed by atoms with Gasteiger partial charge in [0.15, 0.2) is 5.16 Å². The molecule has 0 atom stereocenters. The van der Waals surface area contributed by atoms with Crippen LogP contribution < -0.4 is 5.32 Å². The summed E-state index contributed by atoms with van der Waals surface area (Å²) in [6.07, 6.45) is 0.649. The van der Waals surface area contributed by atoms with Crippen molar-refractivity contribution in [2.24, 2.45) is 0 Å². The highest BCUT2D eigenvalue weighted by atomic mass is 35.5. The van der Waals surface area contributed by atoms with Crippen LogP contribution in [0.4, 0.5) is 5.69 Å². The van der Waals surface area contributed by atoms with Crippen molar-refractivity contribution in [1.29, 1.82) is 0 Å². The molecule has 0 saturated carbocycles. The number of anilines is 1. The molecular formula is C25H22Cl2N4OS. The summed E-state index contributed by atoms with van der Waals surface area (Å²) < 4.78 is 2.05. The van der Waals surface area contributed by atoms with Gasteiger partial charge in [0.2, 0.25) is 5.91 Å². The number of carbonyl (C=O) groups is 1. The molecular weight excluding hydrogens is 475 g/mol. The van der Waals surface area contributed by atoms with Gasteiger partial charge in [-0.15, -0.1) is 10.2 Å². The Morgan fingerprint density at radius 1 is 0.939 bits per heavy atom. The van der Waals surface area contributed by atoms with Crippen LogP contribution in [0.3, 0.4) is 0 Å². The molecule has 8 heteroatoms. The highest BCUT2D eigenvalue weighted by Crippen LogP contribution is 2.25. The Labute approximate surface area is 207 Å². The van der Waals surface area contributed by atoms with Gasteiger partial charge in [-0.2, -0.15) is 0 Å². The van der Waals surface area contributed by atoms with Gasteiger partial charge in [0, 0.05) is 22.2 Å². The molecule has 3 aromatic carbocycles. The van der Waals surface area contributed by atoms with E-state index in [1.807, 2.05) is 61.5 Å². The van der Waals surface area contributed by atoms with Crippen molar-refractivity contribution in [2.45, 2.75) is 25.0 Å². The predicted molar refractivity (Wildman–Crippen MR) is 135 cm³/mol. The van der Waals surface area contributed by atoms with Crippen molar-refractivity contribution >= 4 is 46.6 Å². The molecule has 0 aliphatic heterocycles. The van der Waals surface area contributed by atoms with Crippen molar-refractivity contribution < 1.29 is 4.79 Å². The summed E-state index contributed by atoms with van der Waals surface area (Å²) in [7, 11) is 0. The molecule has 0 unspecified atom stereocenters. The largest absolute Gasteiger partial charge is 0.325 e. The quantitative estimate of drug-likeness (QED) is 0.292. The van der Waals surface area contributed by atoms with Crippen LogP contribution in [0.1, 0.15) is 22.5 Å². The highest BCUT2D eigenvalue weighted by Gasteiger charge is 2.16. The number of hydrogen-bond donors (Lipinski definition) is 1. The van der Waals surface area contributed by atoms with Gasteiger partial charge in [-0.3, -0.25) is 4.79 Å². The molecule has 0 bridgehead atoms. The van der Waals surface area contributed by atoms with E-state index in [-0.39, 0.29) is 11.7 Å². The third-order valence-corrected chi connectivity index (χ3v) is 6.75. The fourth-order valence-corrected chi connectivity index (χ4v) is 4.38. The lowest BCUT2D eigenvalue weighted by atomic mass is 10.1. The summed E-state index contributed by atoms with van der Waals surface area (Å²) in [5.74, 6) is 0.913. The van der Waals surface area contributed by atoms with Crippen LogP contribution >= 0.6 is 35.0 Å². The molecule has 5 nitrogen and oxygen atoms in total. The van der Waals surface area contributed by atoms with E-state index in [0.717, 1.165) is 22.5 Å². The molecule has 0 radical (unpaired) electrons. The van der Waals surface area contributed by atoms with E-state index in [0.29, 0.717) is 33.9 Å². The first kappa shape index (κ1) is 23.4. The zero-order valence-corrected chi connectivity index (χ0v) is 20.3. The van der Waals surface area contributed by atoms with E-state index >= 15 is 0 Å². The Bertz CT molecular complexity index is 1240. The van der Waals surface area contributed by atoms with Crippen LogP contribution in [0.25, 0.3) is 0 Å². The summed E-state index contributed by atoms with van der Waals surface area (Å²) in [6, 6.07) is 23.3. The Kier molecular flexibility index (Phi) is 7.70. The van der Waals surface area contributed by atoms with Gasteiger partial charge in [0.1, 0.15) is 5.82 Å². The van der Waals surface area contributed by atoms with Crippen molar-refractivity contribution in [3.05, 3.63) is 105 Å². The second-order valence-electron chi connectivity index (χ2n) is 7.52. The number of benzene rings is 3. The number of nitrogens with one attached hydrogen (secondary N) is 1. The van der Waals surface area contributed by atoms with Gasteiger partial charge < -0.3 is 9.88 Å². The van der Waals surface area contributed by atoms with Crippen LogP contribution in [0.2, 0.25) is 10.0 Å². The number of rotatable bonds is 8. The maximum atomic E-state index is 12.6. The fourth-order valence-electron chi connectivity index (χ4n) is 3.33. The summed E-state index contributed by atoms with van der Waals surface area (Å²) in [6.45, 7) is 2.47. The number of amides is 1. The Hall–Kier alpha value is -2.80. The summed E-state index contributed by atoms with van der Waals surface area (Å²) in [4.78, 5) is 12.6. The van der Waals surface area contributed by atoms with Crippen molar-refractivity contribution in [1.82, 2.24) is 14.8 Å². The molecule has 1 N–H and O–H groups in total. The molecule has 1 heterocycles. The predicted octanol–water partition coefficient (Wildman–Crippen LogP) is 6.26. The normalized spacial score (nSPS) is 10.9. The summed E-state index contributed by atoms with van der Waals surface area (Å²) in [5.41, 5.74) is 3.77. The maximum Gasteiger partial charge on any atom is 0.234 e. The van der Waals surface area contributed by atoms with E-state index in [1.165, 1.54) is 11.8 Å². The van der Waals surface area contributed by atoms with E-state index in [9.17, 15) is 4.79 Å². The lowest BCUT2D eigenvalue weighted by Gasteiger charge is -2.12. The minimum absolute atomic E-state index is 0.129. The number of carbonyl (C=O) groups excluding carboxylic acids is 1. The Balaban J connectivity index is 1.51.